The van der Waals surface area contributed by atoms with Crippen LogP contribution in [0.15, 0.2) is 18.2 Å². The van der Waals surface area contributed by atoms with Crippen LogP contribution in [0.25, 0.3) is 0 Å². The Hall–Kier alpha value is -1.29. The monoisotopic (exact) mass is 194 g/mol. The number of nitrogens with zero attached hydrogens (tertiary/aromatic N) is 2. The molecule has 1 atom stereocenters. The fourth-order valence-corrected chi connectivity index (χ4v) is 1.20. The largest absolute Gasteiger partial charge is 0.357 e. The van der Waals surface area contributed by atoms with Crippen molar-refractivity contribution < 1.29 is 0 Å². The highest BCUT2D eigenvalue weighted by Crippen LogP contribution is 2.15. The van der Waals surface area contributed by atoms with Crippen LogP contribution in [0.3, 0.4) is 0 Å². The van der Waals surface area contributed by atoms with Gasteiger partial charge in [-0.15, -0.1) is 0 Å². The standard InChI is InChI=1S/C10H18N4/c1-4-8(2)14(3)10-7-5-6-9(12-10)13-11/h5-8H,4,11H2,1-3H3,(H,12,13). The van der Waals surface area contributed by atoms with Gasteiger partial charge in [0.25, 0.3) is 0 Å². The second-order valence-corrected chi connectivity index (χ2v) is 3.39. The number of hydrazine groups is 1. The Balaban J connectivity index is 2.83. The molecule has 0 bridgehead atoms. The Morgan fingerprint density at radius 2 is 2.29 bits per heavy atom. The molecule has 0 radical (unpaired) electrons. The van der Waals surface area contributed by atoms with Gasteiger partial charge < -0.3 is 10.3 Å². The molecule has 1 unspecified atom stereocenters. The van der Waals surface area contributed by atoms with Crippen LogP contribution in [0, 0.1) is 0 Å². The third-order valence-corrected chi connectivity index (χ3v) is 2.50. The van der Waals surface area contributed by atoms with Crippen molar-refractivity contribution in [3.8, 4) is 0 Å². The van der Waals surface area contributed by atoms with Crippen LogP contribution in [0.2, 0.25) is 0 Å². The van der Waals surface area contributed by atoms with Gasteiger partial charge in [0, 0.05) is 13.1 Å². The lowest BCUT2D eigenvalue weighted by Gasteiger charge is -2.25. The van der Waals surface area contributed by atoms with E-state index >= 15 is 0 Å². The Morgan fingerprint density at radius 3 is 2.86 bits per heavy atom. The van der Waals surface area contributed by atoms with Crippen LogP contribution in [-0.2, 0) is 0 Å². The van der Waals surface area contributed by atoms with Crippen LogP contribution in [0.4, 0.5) is 11.6 Å². The molecule has 0 saturated heterocycles. The molecule has 1 aromatic heterocycles. The van der Waals surface area contributed by atoms with Gasteiger partial charge in [0.1, 0.15) is 11.6 Å². The molecule has 0 saturated carbocycles. The molecule has 0 aromatic carbocycles. The van der Waals surface area contributed by atoms with Crippen LogP contribution >= 0.6 is 0 Å². The molecular formula is C10H18N4. The first kappa shape index (κ1) is 10.8. The van der Waals surface area contributed by atoms with E-state index in [-0.39, 0.29) is 0 Å². The summed E-state index contributed by atoms with van der Waals surface area (Å²) in [4.78, 5) is 6.49. The predicted molar refractivity (Wildman–Crippen MR) is 60.2 cm³/mol. The molecule has 1 rings (SSSR count). The second-order valence-electron chi connectivity index (χ2n) is 3.39. The fraction of sp³-hybridized carbons (Fsp3) is 0.500. The molecule has 0 amide bonds. The van der Waals surface area contributed by atoms with Crippen molar-refractivity contribution in [2.45, 2.75) is 26.3 Å². The molecule has 1 heterocycles. The van der Waals surface area contributed by atoms with Gasteiger partial charge in [-0.1, -0.05) is 13.0 Å². The highest BCUT2D eigenvalue weighted by molar-refractivity contribution is 5.46. The van der Waals surface area contributed by atoms with E-state index in [4.69, 9.17) is 5.84 Å². The third-order valence-electron chi connectivity index (χ3n) is 2.50. The highest BCUT2D eigenvalue weighted by Gasteiger charge is 2.08. The number of hydrogen-bond acceptors (Lipinski definition) is 4. The molecule has 14 heavy (non-hydrogen) atoms. The van der Waals surface area contributed by atoms with Gasteiger partial charge in [0.15, 0.2) is 0 Å². The Morgan fingerprint density at radius 1 is 1.57 bits per heavy atom. The number of anilines is 2. The van der Waals surface area contributed by atoms with Crippen LogP contribution in [0.1, 0.15) is 20.3 Å². The molecule has 4 heteroatoms. The Labute approximate surface area is 85.1 Å². The molecule has 0 aliphatic heterocycles. The average molecular weight is 194 g/mol. The summed E-state index contributed by atoms with van der Waals surface area (Å²) in [6, 6.07) is 6.24. The normalized spacial score (nSPS) is 12.3. The summed E-state index contributed by atoms with van der Waals surface area (Å²) < 4.78 is 0. The molecule has 0 fully saturated rings. The SMILES string of the molecule is CCC(C)N(C)c1cccc(NN)n1. The molecule has 1 aromatic rings. The van der Waals surface area contributed by atoms with Gasteiger partial charge in [-0.2, -0.15) is 0 Å². The van der Waals surface area contributed by atoms with Crippen LogP contribution in [0.5, 0.6) is 0 Å². The topological polar surface area (TPSA) is 54.2 Å². The zero-order chi connectivity index (χ0) is 10.6. The second kappa shape index (κ2) is 4.81. The van der Waals surface area contributed by atoms with E-state index in [0.717, 1.165) is 12.2 Å². The number of nitrogens with two attached hydrogens (primary N) is 1. The van der Waals surface area contributed by atoms with Gasteiger partial charge in [-0.25, -0.2) is 10.8 Å². The summed E-state index contributed by atoms with van der Waals surface area (Å²) in [7, 11) is 2.04. The van der Waals surface area contributed by atoms with E-state index < -0.39 is 0 Å². The van der Waals surface area contributed by atoms with Crippen LogP contribution in [-0.4, -0.2) is 18.1 Å². The summed E-state index contributed by atoms with van der Waals surface area (Å²) in [6.07, 6.45) is 1.10. The quantitative estimate of drug-likeness (QED) is 0.564. The predicted octanol–water partition coefficient (Wildman–Crippen LogP) is 1.60. The van der Waals surface area contributed by atoms with E-state index in [2.05, 4.69) is 29.2 Å². The van der Waals surface area contributed by atoms with Crippen molar-refractivity contribution in [1.82, 2.24) is 4.98 Å². The summed E-state index contributed by atoms with van der Waals surface area (Å²) in [5.41, 5.74) is 2.54. The first-order valence-electron chi connectivity index (χ1n) is 4.85. The summed E-state index contributed by atoms with van der Waals surface area (Å²) in [5, 5.41) is 0. The maximum absolute atomic E-state index is 5.30. The smallest absolute Gasteiger partial charge is 0.142 e. The zero-order valence-electron chi connectivity index (χ0n) is 8.99. The third kappa shape index (κ3) is 2.35. The number of nitrogen functional groups attached to an aromatic ring is 1. The molecule has 4 nitrogen and oxygen atoms in total. The van der Waals surface area contributed by atoms with Gasteiger partial charge in [0.2, 0.25) is 0 Å². The van der Waals surface area contributed by atoms with Gasteiger partial charge in [-0.05, 0) is 25.5 Å². The van der Waals surface area contributed by atoms with Crippen LogP contribution < -0.4 is 16.2 Å². The van der Waals surface area contributed by atoms with Crippen molar-refractivity contribution in [1.29, 1.82) is 0 Å². The van der Waals surface area contributed by atoms with Gasteiger partial charge in [-0.3, -0.25) is 0 Å². The highest BCUT2D eigenvalue weighted by atomic mass is 15.3. The van der Waals surface area contributed by atoms with Crippen molar-refractivity contribution in [2.75, 3.05) is 17.4 Å². The Bertz CT molecular complexity index is 287. The van der Waals surface area contributed by atoms with E-state index in [9.17, 15) is 0 Å². The van der Waals surface area contributed by atoms with E-state index in [0.29, 0.717) is 11.9 Å². The fourth-order valence-electron chi connectivity index (χ4n) is 1.20. The first-order valence-corrected chi connectivity index (χ1v) is 4.85. The minimum Gasteiger partial charge on any atom is -0.357 e. The zero-order valence-corrected chi connectivity index (χ0v) is 8.99. The maximum Gasteiger partial charge on any atom is 0.142 e. The van der Waals surface area contributed by atoms with Gasteiger partial charge >= 0.3 is 0 Å². The minimum absolute atomic E-state index is 0.482. The molecule has 78 valence electrons. The lowest BCUT2D eigenvalue weighted by Crippen LogP contribution is -2.29. The molecule has 0 spiro atoms. The number of rotatable bonds is 4. The molecule has 3 N–H and O–H groups in total. The molecular weight excluding hydrogens is 176 g/mol. The van der Waals surface area contributed by atoms with E-state index in [1.807, 2.05) is 25.2 Å². The first-order chi connectivity index (χ1) is 6.69. The van der Waals surface area contributed by atoms with E-state index in [1.54, 1.807) is 0 Å². The number of pyridine rings is 1. The number of aromatic nitrogens is 1. The van der Waals surface area contributed by atoms with Crippen molar-refractivity contribution in [2.24, 2.45) is 5.84 Å². The molecule has 0 aliphatic rings. The Kier molecular flexibility index (Phi) is 3.71. The van der Waals surface area contributed by atoms with Gasteiger partial charge in [0.05, 0.1) is 0 Å². The molecule has 0 aliphatic carbocycles. The minimum atomic E-state index is 0.482. The number of nitrogens with one attached hydrogen (secondary N) is 1. The lowest BCUT2D eigenvalue weighted by atomic mass is 10.2. The summed E-state index contributed by atoms with van der Waals surface area (Å²) in [6.45, 7) is 4.33. The summed E-state index contributed by atoms with van der Waals surface area (Å²) in [5.74, 6) is 6.93. The van der Waals surface area contributed by atoms with Crippen molar-refractivity contribution >= 4 is 11.6 Å². The van der Waals surface area contributed by atoms with Crippen molar-refractivity contribution in [3.63, 3.8) is 0 Å². The summed E-state index contributed by atoms with van der Waals surface area (Å²) >= 11 is 0. The lowest BCUT2D eigenvalue weighted by molar-refractivity contribution is 0.657. The van der Waals surface area contributed by atoms with Crippen molar-refractivity contribution in [3.05, 3.63) is 18.2 Å². The van der Waals surface area contributed by atoms with E-state index in [1.165, 1.54) is 0 Å². The maximum atomic E-state index is 5.30. The average Bonchev–Trinajstić information content (AvgIpc) is 2.27. The number of hydrogen-bond donors (Lipinski definition) is 2.